The van der Waals surface area contributed by atoms with Gasteiger partial charge in [-0.25, -0.2) is 9.97 Å². The molecule has 0 amide bonds. The minimum atomic E-state index is -0.728. The summed E-state index contributed by atoms with van der Waals surface area (Å²) in [7, 11) is 0. The van der Waals surface area contributed by atoms with Crippen LogP contribution in [0.25, 0.3) is 10.9 Å². The van der Waals surface area contributed by atoms with Crippen molar-refractivity contribution in [2.45, 2.75) is 6.92 Å². The Morgan fingerprint density at radius 1 is 1.32 bits per heavy atom. The third-order valence-corrected chi connectivity index (χ3v) is 3.75. The van der Waals surface area contributed by atoms with E-state index < -0.39 is 5.97 Å². The van der Waals surface area contributed by atoms with Gasteiger partial charge in [-0.15, -0.1) is 0 Å². The summed E-state index contributed by atoms with van der Waals surface area (Å²) in [4.78, 5) is 21.8. The second-order valence-electron chi connectivity index (χ2n) is 5.04. The van der Waals surface area contributed by atoms with E-state index in [0.717, 1.165) is 23.3 Å². The number of carboxylic acid groups (broad SMARTS) is 1. The molecule has 0 spiro atoms. The van der Waals surface area contributed by atoms with Crippen molar-refractivity contribution in [3.63, 3.8) is 0 Å². The number of hydrogen-bond donors (Lipinski definition) is 1. The number of aromatic nitrogens is 2. The molecule has 1 aromatic heterocycles. The smallest absolute Gasteiger partial charge is 0.308 e. The third kappa shape index (κ3) is 2.01. The monoisotopic (exact) mass is 257 g/mol. The fraction of sp³-hybridized carbons (Fsp3) is 0.357. The third-order valence-electron chi connectivity index (χ3n) is 3.75. The van der Waals surface area contributed by atoms with Crippen molar-refractivity contribution in [2.24, 2.45) is 11.8 Å². The summed E-state index contributed by atoms with van der Waals surface area (Å²) in [5, 5.41) is 10.2. The molecule has 2 aromatic rings. The van der Waals surface area contributed by atoms with E-state index in [1.54, 1.807) is 0 Å². The van der Waals surface area contributed by atoms with Gasteiger partial charge in [0.15, 0.2) is 0 Å². The van der Waals surface area contributed by atoms with Crippen molar-refractivity contribution in [1.29, 1.82) is 0 Å². The molecule has 0 aliphatic carbocycles. The first kappa shape index (κ1) is 11.9. The van der Waals surface area contributed by atoms with E-state index >= 15 is 0 Å². The van der Waals surface area contributed by atoms with Gasteiger partial charge in [0, 0.05) is 18.5 Å². The number of para-hydroxylation sites is 1. The number of fused-ring (bicyclic) bond motifs is 1. The van der Waals surface area contributed by atoms with Crippen LogP contribution in [0.15, 0.2) is 30.6 Å². The summed E-state index contributed by atoms with van der Waals surface area (Å²) < 4.78 is 0. The summed E-state index contributed by atoms with van der Waals surface area (Å²) in [6.45, 7) is 3.21. The number of nitrogens with zero attached hydrogens (tertiary/aromatic N) is 3. The molecule has 2 unspecified atom stereocenters. The van der Waals surface area contributed by atoms with Gasteiger partial charge < -0.3 is 10.0 Å². The van der Waals surface area contributed by atoms with Crippen LogP contribution in [0.4, 0.5) is 5.82 Å². The van der Waals surface area contributed by atoms with Crippen LogP contribution in [0.3, 0.4) is 0 Å². The molecule has 19 heavy (non-hydrogen) atoms. The molecule has 3 rings (SSSR count). The molecule has 0 saturated carbocycles. The zero-order valence-electron chi connectivity index (χ0n) is 10.7. The van der Waals surface area contributed by atoms with Crippen molar-refractivity contribution in [2.75, 3.05) is 18.0 Å². The quantitative estimate of drug-likeness (QED) is 0.888. The van der Waals surface area contributed by atoms with Gasteiger partial charge in [0.05, 0.1) is 11.4 Å². The number of rotatable bonds is 2. The molecule has 0 bridgehead atoms. The first-order chi connectivity index (χ1) is 9.16. The minimum Gasteiger partial charge on any atom is -0.481 e. The Hall–Kier alpha value is -2.17. The number of carboxylic acids is 1. The molecule has 1 fully saturated rings. The van der Waals surface area contributed by atoms with Crippen LogP contribution in [0.2, 0.25) is 0 Å². The van der Waals surface area contributed by atoms with Crippen LogP contribution >= 0.6 is 0 Å². The van der Waals surface area contributed by atoms with E-state index in [2.05, 4.69) is 9.97 Å². The molecule has 1 aliphatic heterocycles. The number of hydrogen-bond acceptors (Lipinski definition) is 4. The summed E-state index contributed by atoms with van der Waals surface area (Å²) >= 11 is 0. The zero-order chi connectivity index (χ0) is 13.4. The first-order valence-electron chi connectivity index (χ1n) is 6.34. The predicted octanol–water partition coefficient (Wildman–Crippen LogP) is 1.79. The Morgan fingerprint density at radius 3 is 2.84 bits per heavy atom. The SMILES string of the molecule is CC1CN(c2ncnc3ccccc23)CC1C(=O)O. The van der Waals surface area contributed by atoms with Crippen LogP contribution in [0.5, 0.6) is 0 Å². The number of anilines is 1. The van der Waals surface area contributed by atoms with Crippen LogP contribution in [0.1, 0.15) is 6.92 Å². The normalized spacial score (nSPS) is 22.9. The summed E-state index contributed by atoms with van der Waals surface area (Å²) in [5.74, 6) is -0.0884. The van der Waals surface area contributed by atoms with Crippen LogP contribution in [0, 0.1) is 11.8 Å². The van der Waals surface area contributed by atoms with Gasteiger partial charge in [-0.1, -0.05) is 19.1 Å². The van der Waals surface area contributed by atoms with E-state index in [1.165, 1.54) is 6.33 Å². The van der Waals surface area contributed by atoms with Crippen LogP contribution in [-0.2, 0) is 4.79 Å². The molecular weight excluding hydrogens is 242 g/mol. The molecule has 1 aliphatic rings. The van der Waals surface area contributed by atoms with Crippen molar-refractivity contribution >= 4 is 22.7 Å². The molecule has 2 heterocycles. The number of aliphatic carboxylic acids is 1. The van der Waals surface area contributed by atoms with Gasteiger partial charge in [0.25, 0.3) is 0 Å². The van der Waals surface area contributed by atoms with E-state index in [0.29, 0.717) is 6.54 Å². The van der Waals surface area contributed by atoms with Gasteiger partial charge >= 0.3 is 5.97 Å². The Balaban J connectivity index is 2.00. The summed E-state index contributed by atoms with van der Waals surface area (Å²) in [5.41, 5.74) is 0.888. The van der Waals surface area contributed by atoms with Gasteiger partial charge in [0.1, 0.15) is 12.1 Å². The summed E-state index contributed by atoms with van der Waals surface area (Å²) in [6.07, 6.45) is 1.54. The maximum Gasteiger partial charge on any atom is 0.308 e. The van der Waals surface area contributed by atoms with Crippen LogP contribution in [-0.4, -0.2) is 34.1 Å². The summed E-state index contributed by atoms with van der Waals surface area (Å²) in [6, 6.07) is 7.80. The minimum absolute atomic E-state index is 0.131. The lowest BCUT2D eigenvalue weighted by atomic mass is 9.99. The highest BCUT2D eigenvalue weighted by Crippen LogP contribution is 2.30. The lowest BCUT2D eigenvalue weighted by Gasteiger charge is -2.18. The second-order valence-corrected chi connectivity index (χ2v) is 5.04. The average molecular weight is 257 g/mol. The lowest BCUT2D eigenvalue weighted by Crippen LogP contribution is -2.24. The highest BCUT2D eigenvalue weighted by molar-refractivity contribution is 5.89. The molecule has 1 N–H and O–H groups in total. The highest BCUT2D eigenvalue weighted by atomic mass is 16.4. The van der Waals surface area contributed by atoms with E-state index in [-0.39, 0.29) is 11.8 Å². The number of carbonyl (C=O) groups is 1. The lowest BCUT2D eigenvalue weighted by molar-refractivity contribution is -0.142. The zero-order valence-corrected chi connectivity index (χ0v) is 10.7. The van der Waals surface area contributed by atoms with Crippen molar-refractivity contribution in [1.82, 2.24) is 9.97 Å². The molecule has 0 radical (unpaired) electrons. The second kappa shape index (κ2) is 4.50. The largest absolute Gasteiger partial charge is 0.481 e. The van der Waals surface area contributed by atoms with Crippen molar-refractivity contribution < 1.29 is 9.90 Å². The van der Waals surface area contributed by atoms with Crippen molar-refractivity contribution in [3.8, 4) is 0 Å². The molecule has 98 valence electrons. The Morgan fingerprint density at radius 2 is 2.11 bits per heavy atom. The standard InChI is InChI=1S/C14H15N3O2/c1-9-6-17(7-11(9)14(18)19)13-10-4-2-3-5-12(10)15-8-16-13/h2-5,8-9,11H,6-7H2,1H3,(H,18,19). The van der Waals surface area contributed by atoms with Gasteiger partial charge in [0.2, 0.25) is 0 Å². The highest BCUT2D eigenvalue weighted by Gasteiger charge is 2.35. The average Bonchev–Trinajstić information content (AvgIpc) is 2.80. The van der Waals surface area contributed by atoms with E-state index in [1.807, 2.05) is 36.1 Å². The Bertz CT molecular complexity index is 624. The van der Waals surface area contributed by atoms with Gasteiger partial charge in [-0.05, 0) is 18.1 Å². The maximum absolute atomic E-state index is 11.2. The Labute approximate surface area is 110 Å². The Kier molecular flexibility index (Phi) is 2.81. The molecule has 5 heteroatoms. The molecule has 1 saturated heterocycles. The number of benzene rings is 1. The van der Waals surface area contributed by atoms with Crippen LogP contribution < -0.4 is 4.90 Å². The predicted molar refractivity (Wildman–Crippen MR) is 72.0 cm³/mol. The topological polar surface area (TPSA) is 66.3 Å². The van der Waals surface area contributed by atoms with Gasteiger partial charge in [-0.2, -0.15) is 0 Å². The van der Waals surface area contributed by atoms with E-state index in [4.69, 9.17) is 0 Å². The van der Waals surface area contributed by atoms with E-state index in [9.17, 15) is 9.90 Å². The maximum atomic E-state index is 11.2. The molecular formula is C14H15N3O2. The van der Waals surface area contributed by atoms with Gasteiger partial charge in [-0.3, -0.25) is 4.79 Å². The van der Waals surface area contributed by atoms with Crippen molar-refractivity contribution in [3.05, 3.63) is 30.6 Å². The molecule has 5 nitrogen and oxygen atoms in total. The molecule has 1 aromatic carbocycles. The first-order valence-corrected chi connectivity index (χ1v) is 6.34. The molecule has 2 atom stereocenters. The fourth-order valence-corrected chi connectivity index (χ4v) is 2.70. The fourth-order valence-electron chi connectivity index (χ4n) is 2.70.